The number of rotatable bonds is 1. The summed E-state index contributed by atoms with van der Waals surface area (Å²) in [4.78, 5) is 17.0. The van der Waals surface area contributed by atoms with E-state index in [1.807, 2.05) is 12.3 Å². The zero-order valence-electron chi connectivity index (χ0n) is 11.4. The van der Waals surface area contributed by atoms with Gasteiger partial charge in [0, 0.05) is 16.6 Å². The summed E-state index contributed by atoms with van der Waals surface area (Å²) in [5, 5.41) is 12.8. The van der Waals surface area contributed by atoms with Gasteiger partial charge in [0.05, 0.1) is 10.9 Å². The second kappa shape index (κ2) is 4.45. The minimum Gasteiger partial charge on any atom is -0.508 e. The summed E-state index contributed by atoms with van der Waals surface area (Å²) in [5.74, 6) is 0.642. The van der Waals surface area contributed by atoms with E-state index in [4.69, 9.17) is 4.42 Å². The number of phenols is 1. The van der Waals surface area contributed by atoms with Crippen LogP contribution in [0.3, 0.4) is 0 Å². The van der Waals surface area contributed by atoms with E-state index in [1.54, 1.807) is 19.9 Å². The van der Waals surface area contributed by atoms with E-state index >= 15 is 0 Å². The largest absolute Gasteiger partial charge is 0.508 e. The number of nitrogens with zero attached hydrogens (tertiary/aromatic N) is 1. The third-order valence-corrected chi connectivity index (χ3v) is 4.27. The highest BCUT2D eigenvalue weighted by molar-refractivity contribution is 7.13. The standard InChI is InChI=1S/C15H13NO3S/c1-7-6-20-15(16-7)12-9(3)19-14-8(2)11(17)5-4-10(14)13(12)18/h4-6,17H,1-3H3. The highest BCUT2D eigenvalue weighted by Crippen LogP contribution is 2.30. The van der Waals surface area contributed by atoms with E-state index in [0.717, 1.165) is 5.69 Å². The molecule has 0 aliphatic carbocycles. The molecule has 0 saturated heterocycles. The fourth-order valence-corrected chi connectivity index (χ4v) is 3.09. The van der Waals surface area contributed by atoms with Crippen LogP contribution in [0.25, 0.3) is 21.5 Å². The van der Waals surface area contributed by atoms with Crippen LogP contribution in [0.1, 0.15) is 17.0 Å². The van der Waals surface area contributed by atoms with Crippen molar-refractivity contribution in [2.24, 2.45) is 0 Å². The molecule has 3 aromatic rings. The van der Waals surface area contributed by atoms with Crippen LogP contribution in [-0.2, 0) is 0 Å². The van der Waals surface area contributed by atoms with Crippen molar-refractivity contribution in [3.05, 3.63) is 44.8 Å². The fourth-order valence-electron chi connectivity index (χ4n) is 2.21. The van der Waals surface area contributed by atoms with Gasteiger partial charge in [0.2, 0.25) is 5.43 Å². The molecule has 0 saturated carbocycles. The summed E-state index contributed by atoms with van der Waals surface area (Å²) in [5.41, 5.74) is 2.28. The Balaban J connectivity index is 2.42. The first-order valence-corrected chi connectivity index (χ1v) is 7.05. The van der Waals surface area contributed by atoms with Crippen LogP contribution in [0.15, 0.2) is 26.7 Å². The number of hydrogen-bond donors (Lipinski definition) is 1. The maximum atomic E-state index is 12.6. The number of hydrogen-bond acceptors (Lipinski definition) is 5. The lowest BCUT2D eigenvalue weighted by molar-refractivity contribution is 0.468. The topological polar surface area (TPSA) is 63.3 Å². The molecule has 0 atom stereocenters. The lowest BCUT2D eigenvalue weighted by Gasteiger charge is -2.07. The zero-order chi connectivity index (χ0) is 14.4. The molecule has 2 heterocycles. The van der Waals surface area contributed by atoms with Crippen LogP contribution in [0, 0.1) is 20.8 Å². The highest BCUT2D eigenvalue weighted by Gasteiger charge is 2.17. The molecule has 0 aliphatic heterocycles. The van der Waals surface area contributed by atoms with Crippen LogP contribution >= 0.6 is 11.3 Å². The predicted molar refractivity (Wildman–Crippen MR) is 79.5 cm³/mol. The van der Waals surface area contributed by atoms with Gasteiger partial charge in [-0.05, 0) is 32.9 Å². The number of aryl methyl sites for hydroxylation is 3. The molecule has 0 fully saturated rings. The van der Waals surface area contributed by atoms with E-state index in [1.165, 1.54) is 17.4 Å². The first-order valence-electron chi connectivity index (χ1n) is 6.17. The van der Waals surface area contributed by atoms with Crippen molar-refractivity contribution < 1.29 is 9.52 Å². The van der Waals surface area contributed by atoms with E-state index in [0.29, 0.717) is 32.9 Å². The molecule has 0 bridgehead atoms. The Kier molecular flexibility index (Phi) is 2.87. The Hall–Kier alpha value is -2.14. The molecule has 0 radical (unpaired) electrons. The number of benzene rings is 1. The van der Waals surface area contributed by atoms with Gasteiger partial charge in [-0.3, -0.25) is 4.79 Å². The van der Waals surface area contributed by atoms with Gasteiger partial charge in [-0.1, -0.05) is 0 Å². The Morgan fingerprint density at radius 1 is 1.25 bits per heavy atom. The number of aromatic hydroxyl groups is 1. The molecule has 0 amide bonds. The molecule has 2 aromatic heterocycles. The molecule has 4 nitrogen and oxygen atoms in total. The van der Waals surface area contributed by atoms with E-state index in [2.05, 4.69) is 4.98 Å². The van der Waals surface area contributed by atoms with Gasteiger partial charge in [0.15, 0.2) is 0 Å². The molecular weight excluding hydrogens is 274 g/mol. The van der Waals surface area contributed by atoms with Crippen LogP contribution in [-0.4, -0.2) is 10.1 Å². The molecule has 1 aromatic carbocycles. The predicted octanol–water partition coefficient (Wildman–Crippen LogP) is 3.55. The average Bonchev–Trinajstić information content (AvgIpc) is 2.81. The normalized spacial score (nSPS) is 11.2. The summed E-state index contributed by atoms with van der Waals surface area (Å²) < 4.78 is 5.76. The summed E-state index contributed by atoms with van der Waals surface area (Å²) in [6, 6.07) is 3.10. The van der Waals surface area contributed by atoms with Gasteiger partial charge >= 0.3 is 0 Å². The van der Waals surface area contributed by atoms with Gasteiger partial charge < -0.3 is 9.52 Å². The van der Waals surface area contributed by atoms with Crippen molar-refractivity contribution in [1.82, 2.24) is 4.98 Å². The van der Waals surface area contributed by atoms with Gasteiger partial charge in [-0.2, -0.15) is 0 Å². The molecule has 0 spiro atoms. The first-order chi connectivity index (χ1) is 9.49. The first kappa shape index (κ1) is 12.9. The average molecular weight is 287 g/mol. The lowest BCUT2D eigenvalue weighted by Crippen LogP contribution is -2.08. The Morgan fingerprint density at radius 3 is 2.65 bits per heavy atom. The second-order valence-electron chi connectivity index (χ2n) is 4.74. The molecule has 1 N–H and O–H groups in total. The van der Waals surface area contributed by atoms with E-state index < -0.39 is 0 Å². The number of fused-ring (bicyclic) bond motifs is 1. The SMILES string of the molecule is Cc1csc(-c2c(C)oc3c(C)c(O)ccc3c2=O)n1. The van der Waals surface area contributed by atoms with Crippen molar-refractivity contribution in [3.63, 3.8) is 0 Å². The van der Waals surface area contributed by atoms with Gasteiger partial charge in [0.1, 0.15) is 22.1 Å². The van der Waals surface area contributed by atoms with Crippen LogP contribution in [0.5, 0.6) is 5.75 Å². The molecular formula is C15H13NO3S. The van der Waals surface area contributed by atoms with Crippen molar-refractivity contribution in [2.75, 3.05) is 0 Å². The van der Waals surface area contributed by atoms with Gasteiger partial charge in [-0.15, -0.1) is 11.3 Å². The Bertz CT molecular complexity index is 877. The maximum Gasteiger partial charge on any atom is 0.203 e. The lowest BCUT2D eigenvalue weighted by atomic mass is 10.1. The molecule has 0 unspecified atom stereocenters. The van der Waals surface area contributed by atoms with Crippen molar-refractivity contribution in [3.8, 4) is 16.3 Å². The van der Waals surface area contributed by atoms with E-state index in [9.17, 15) is 9.90 Å². The van der Waals surface area contributed by atoms with Crippen molar-refractivity contribution in [1.29, 1.82) is 0 Å². The third kappa shape index (κ3) is 1.82. The molecule has 5 heteroatoms. The summed E-state index contributed by atoms with van der Waals surface area (Å²) in [6.07, 6.45) is 0. The summed E-state index contributed by atoms with van der Waals surface area (Å²) in [6.45, 7) is 5.36. The molecule has 20 heavy (non-hydrogen) atoms. The van der Waals surface area contributed by atoms with Gasteiger partial charge in [-0.25, -0.2) is 4.98 Å². The fraction of sp³-hybridized carbons (Fsp3) is 0.200. The summed E-state index contributed by atoms with van der Waals surface area (Å²) in [7, 11) is 0. The van der Waals surface area contributed by atoms with Crippen LogP contribution in [0.4, 0.5) is 0 Å². The Morgan fingerprint density at radius 2 is 2.00 bits per heavy atom. The van der Waals surface area contributed by atoms with Gasteiger partial charge in [0.25, 0.3) is 0 Å². The van der Waals surface area contributed by atoms with Crippen molar-refractivity contribution >= 4 is 22.3 Å². The maximum absolute atomic E-state index is 12.6. The number of phenolic OH excluding ortho intramolecular Hbond substituents is 1. The zero-order valence-corrected chi connectivity index (χ0v) is 12.2. The summed E-state index contributed by atoms with van der Waals surface area (Å²) >= 11 is 1.43. The third-order valence-electron chi connectivity index (χ3n) is 3.29. The monoisotopic (exact) mass is 287 g/mol. The molecule has 102 valence electrons. The van der Waals surface area contributed by atoms with E-state index in [-0.39, 0.29) is 11.2 Å². The minimum absolute atomic E-state index is 0.110. The molecule has 0 aliphatic rings. The highest BCUT2D eigenvalue weighted by atomic mass is 32.1. The van der Waals surface area contributed by atoms with Crippen LogP contribution < -0.4 is 5.43 Å². The quantitative estimate of drug-likeness (QED) is 0.743. The second-order valence-corrected chi connectivity index (χ2v) is 5.60. The number of aromatic nitrogens is 1. The van der Waals surface area contributed by atoms with Crippen molar-refractivity contribution in [2.45, 2.75) is 20.8 Å². The minimum atomic E-state index is -0.110. The smallest absolute Gasteiger partial charge is 0.203 e. The number of thiazole rings is 1. The Labute approximate surface area is 119 Å². The van der Waals surface area contributed by atoms with Crippen LogP contribution in [0.2, 0.25) is 0 Å². The molecule has 3 rings (SSSR count).